The number of β-amino-alcohol motifs (C(OH)–C–C–N with tert-alkyl or cyclic N) is 1. The Labute approximate surface area is 109 Å². The maximum absolute atomic E-state index is 12.8. The van der Waals surface area contributed by atoms with E-state index in [2.05, 4.69) is 0 Å². The summed E-state index contributed by atoms with van der Waals surface area (Å²) in [5.41, 5.74) is -0.399. The molecule has 1 aromatic carbocycles. The van der Waals surface area contributed by atoms with Gasteiger partial charge in [-0.25, -0.2) is 0 Å². The summed E-state index contributed by atoms with van der Waals surface area (Å²) in [5.74, 6) is 0. The van der Waals surface area contributed by atoms with Crippen LogP contribution in [-0.2, 0) is 17.5 Å². The van der Waals surface area contributed by atoms with Gasteiger partial charge in [0.25, 0.3) is 0 Å². The zero-order valence-corrected chi connectivity index (χ0v) is 10.5. The predicted octanol–water partition coefficient (Wildman–Crippen LogP) is 1.90. The van der Waals surface area contributed by atoms with Crippen LogP contribution in [0.2, 0.25) is 0 Å². The number of rotatable bonds is 3. The molecule has 1 aliphatic heterocycles. The zero-order chi connectivity index (χ0) is 14.0. The van der Waals surface area contributed by atoms with E-state index in [-0.39, 0.29) is 18.2 Å². The second-order valence-electron chi connectivity index (χ2n) is 4.69. The first kappa shape index (κ1) is 14.3. The molecule has 0 aliphatic carbocycles. The molecular formula is C13H16F3NO2. The van der Waals surface area contributed by atoms with Crippen LogP contribution >= 0.6 is 0 Å². The summed E-state index contributed by atoms with van der Waals surface area (Å²) in [6.45, 7) is 0.918. The van der Waals surface area contributed by atoms with Crippen LogP contribution in [0.3, 0.4) is 0 Å². The van der Waals surface area contributed by atoms with Crippen molar-refractivity contribution in [2.45, 2.75) is 24.9 Å². The molecule has 19 heavy (non-hydrogen) atoms. The van der Waals surface area contributed by atoms with Crippen LogP contribution in [0.5, 0.6) is 0 Å². The third-order valence-corrected chi connectivity index (χ3v) is 3.33. The number of aliphatic hydroxyl groups excluding tert-OH is 1. The molecule has 1 aliphatic rings. The molecule has 1 fully saturated rings. The molecule has 1 saturated heterocycles. The lowest BCUT2D eigenvalue weighted by molar-refractivity contribution is -0.138. The predicted molar refractivity (Wildman–Crippen MR) is 63.5 cm³/mol. The molecule has 0 saturated carbocycles. The Morgan fingerprint density at radius 2 is 2.00 bits per heavy atom. The second-order valence-corrected chi connectivity index (χ2v) is 4.69. The van der Waals surface area contributed by atoms with Gasteiger partial charge in [-0.15, -0.1) is 0 Å². The van der Waals surface area contributed by atoms with Crippen molar-refractivity contribution in [1.29, 1.82) is 0 Å². The highest BCUT2D eigenvalue weighted by Gasteiger charge is 2.35. The van der Waals surface area contributed by atoms with E-state index < -0.39 is 17.8 Å². The Morgan fingerprint density at radius 3 is 2.58 bits per heavy atom. The zero-order valence-electron chi connectivity index (χ0n) is 10.5. The van der Waals surface area contributed by atoms with Crippen LogP contribution in [0, 0.1) is 0 Å². The SMILES string of the molecule is CO[C@H]1CN(Cc2ccccc2C(F)(F)F)C[C@@H]1O. The number of likely N-dealkylation sites (tertiary alicyclic amines) is 1. The number of hydrogen-bond donors (Lipinski definition) is 1. The summed E-state index contributed by atoms with van der Waals surface area (Å²) in [7, 11) is 1.49. The molecule has 2 rings (SSSR count). The molecule has 3 nitrogen and oxygen atoms in total. The quantitative estimate of drug-likeness (QED) is 0.914. The van der Waals surface area contributed by atoms with E-state index in [0.717, 1.165) is 6.07 Å². The van der Waals surface area contributed by atoms with Gasteiger partial charge >= 0.3 is 6.18 Å². The normalized spacial score (nSPS) is 24.9. The highest BCUT2D eigenvalue weighted by Crippen LogP contribution is 2.32. The van der Waals surface area contributed by atoms with Gasteiger partial charge in [0.15, 0.2) is 0 Å². The summed E-state index contributed by atoms with van der Waals surface area (Å²) in [4.78, 5) is 1.77. The molecule has 1 N–H and O–H groups in total. The monoisotopic (exact) mass is 275 g/mol. The van der Waals surface area contributed by atoms with Gasteiger partial charge in [0, 0.05) is 26.7 Å². The van der Waals surface area contributed by atoms with Gasteiger partial charge < -0.3 is 9.84 Å². The minimum Gasteiger partial charge on any atom is -0.389 e. The van der Waals surface area contributed by atoms with E-state index in [4.69, 9.17) is 4.74 Å². The fourth-order valence-electron chi connectivity index (χ4n) is 2.37. The smallest absolute Gasteiger partial charge is 0.389 e. The van der Waals surface area contributed by atoms with E-state index in [1.54, 1.807) is 11.0 Å². The Bertz CT molecular complexity index is 436. The second kappa shape index (κ2) is 5.48. The molecule has 0 spiro atoms. The van der Waals surface area contributed by atoms with Crippen molar-refractivity contribution in [2.75, 3.05) is 20.2 Å². The molecule has 2 atom stereocenters. The number of nitrogens with zero attached hydrogens (tertiary/aromatic N) is 1. The molecule has 0 bridgehead atoms. The standard InChI is InChI=1S/C13H16F3NO2/c1-19-12-8-17(7-11(12)18)6-9-4-2-3-5-10(9)13(14,15)16/h2-5,11-12,18H,6-8H2,1H3/t11-,12-/m0/s1. The van der Waals surface area contributed by atoms with Crippen molar-refractivity contribution in [3.63, 3.8) is 0 Å². The van der Waals surface area contributed by atoms with E-state index in [1.165, 1.54) is 19.2 Å². The number of halogens is 3. The molecule has 0 amide bonds. The minimum atomic E-state index is -4.35. The van der Waals surface area contributed by atoms with Crippen molar-refractivity contribution >= 4 is 0 Å². The third-order valence-electron chi connectivity index (χ3n) is 3.33. The summed E-state index contributed by atoms with van der Waals surface area (Å²) in [6, 6.07) is 5.51. The average Bonchev–Trinajstić information content (AvgIpc) is 2.69. The van der Waals surface area contributed by atoms with Crippen molar-refractivity contribution in [1.82, 2.24) is 4.90 Å². The highest BCUT2D eigenvalue weighted by molar-refractivity contribution is 5.29. The third kappa shape index (κ3) is 3.26. The molecule has 0 unspecified atom stereocenters. The van der Waals surface area contributed by atoms with Gasteiger partial charge in [-0.05, 0) is 11.6 Å². The van der Waals surface area contributed by atoms with Crippen molar-refractivity contribution < 1.29 is 23.0 Å². The Balaban J connectivity index is 2.12. The van der Waals surface area contributed by atoms with Crippen LogP contribution in [0.15, 0.2) is 24.3 Å². The maximum Gasteiger partial charge on any atom is 0.416 e. The van der Waals surface area contributed by atoms with Crippen molar-refractivity contribution in [3.05, 3.63) is 35.4 Å². The summed E-state index contributed by atoms with van der Waals surface area (Å²) >= 11 is 0. The Morgan fingerprint density at radius 1 is 1.32 bits per heavy atom. The minimum absolute atomic E-state index is 0.159. The Kier molecular flexibility index (Phi) is 4.13. The first-order chi connectivity index (χ1) is 8.91. The fourth-order valence-corrected chi connectivity index (χ4v) is 2.37. The average molecular weight is 275 g/mol. The summed E-state index contributed by atoms with van der Waals surface area (Å²) < 4.78 is 43.6. The first-order valence-corrected chi connectivity index (χ1v) is 6.00. The fraction of sp³-hybridized carbons (Fsp3) is 0.538. The number of hydrogen-bond acceptors (Lipinski definition) is 3. The van der Waals surface area contributed by atoms with Gasteiger partial charge in [0.2, 0.25) is 0 Å². The van der Waals surface area contributed by atoms with Crippen LogP contribution < -0.4 is 0 Å². The maximum atomic E-state index is 12.8. The summed E-state index contributed by atoms with van der Waals surface area (Å²) in [6.07, 6.45) is -5.34. The first-order valence-electron chi connectivity index (χ1n) is 6.00. The number of methoxy groups -OCH3 is 1. The molecule has 0 aromatic heterocycles. The van der Waals surface area contributed by atoms with Gasteiger partial charge in [0.05, 0.1) is 17.8 Å². The largest absolute Gasteiger partial charge is 0.416 e. The molecule has 0 radical (unpaired) electrons. The number of aliphatic hydroxyl groups is 1. The number of alkyl halides is 3. The van der Waals surface area contributed by atoms with Gasteiger partial charge in [-0.1, -0.05) is 18.2 Å². The summed E-state index contributed by atoms with van der Waals surface area (Å²) in [5, 5.41) is 9.68. The lowest BCUT2D eigenvalue weighted by atomic mass is 10.1. The van der Waals surface area contributed by atoms with Crippen LogP contribution in [0.25, 0.3) is 0 Å². The molecule has 1 heterocycles. The molecule has 106 valence electrons. The van der Waals surface area contributed by atoms with E-state index in [1.807, 2.05) is 0 Å². The topological polar surface area (TPSA) is 32.7 Å². The number of benzene rings is 1. The van der Waals surface area contributed by atoms with E-state index >= 15 is 0 Å². The number of ether oxygens (including phenoxy) is 1. The molecular weight excluding hydrogens is 259 g/mol. The van der Waals surface area contributed by atoms with E-state index in [0.29, 0.717) is 13.1 Å². The van der Waals surface area contributed by atoms with Crippen molar-refractivity contribution in [2.24, 2.45) is 0 Å². The Hall–Kier alpha value is -1.11. The van der Waals surface area contributed by atoms with E-state index in [9.17, 15) is 18.3 Å². The highest BCUT2D eigenvalue weighted by atomic mass is 19.4. The lowest BCUT2D eigenvalue weighted by Gasteiger charge is -2.18. The van der Waals surface area contributed by atoms with Gasteiger partial charge in [-0.3, -0.25) is 4.90 Å². The van der Waals surface area contributed by atoms with Crippen LogP contribution in [0.1, 0.15) is 11.1 Å². The van der Waals surface area contributed by atoms with Crippen LogP contribution in [0.4, 0.5) is 13.2 Å². The molecule has 1 aromatic rings. The van der Waals surface area contributed by atoms with Crippen molar-refractivity contribution in [3.8, 4) is 0 Å². The van der Waals surface area contributed by atoms with Gasteiger partial charge in [0.1, 0.15) is 0 Å². The van der Waals surface area contributed by atoms with Gasteiger partial charge in [-0.2, -0.15) is 13.2 Å². The van der Waals surface area contributed by atoms with Crippen LogP contribution in [-0.4, -0.2) is 42.4 Å². The molecule has 6 heteroatoms. The lowest BCUT2D eigenvalue weighted by Crippen LogP contribution is -2.25.